The van der Waals surface area contributed by atoms with Crippen molar-refractivity contribution >= 4 is 17.5 Å². The second-order valence-electron chi connectivity index (χ2n) is 7.03. The van der Waals surface area contributed by atoms with E-state index in [9.17, 15) is 4.79 Å². The van der Waals surface area contributed by atoms with Gasteiger partial charge in [-0.1, -0.05) is 49.2 Å². The molecule has 0 atom stereocenters. The largest absolute Gasteiger partial charge is 0.497 e. The molecule has 152 valence electrons. The Bertz CT molecular complexity index is 951. The first-order chi connectivity index (χ1) is 14.1. The standard InChI is InChI=1S/C24H27ClN2O2/c1-3-4-14-27(24(28)19-10-7-12-22(16-19)29-2)18-21-11-8-15-26(21)17-20-9-5-6-13-23(20)25/h5-13,15-16H,3-4,14,17-18H2,1-2H3. The maximum atomic E-state index is 13.2. The molecule has 0 aliphatic carbocycles. The molecular formula is C24H27ClN2O2. The van der Waals surface area contributed by atoms with E-state index in [0.717, 1.165) is 29.1 Å². The zero-order valence-electron chi connectivity index (χ0n) is 17.0. The summed E-state index contributed by atoms with van der Waals surface area (Å²) in [5, 5.41) is 0.752. The van der Waals surface area contributed by atoms with Crippen LogP contribution in [0.1, 0.15) is 41.4 Å². The molecule has 0 spiro atoms. The van der Waals surface area contributed by atoms with E-state index in [1.54, 1.807) is 13.2 Å². The molecule has 3 aromatic rings. The van der Waals surface area contributed by atoms with E-state index in [1.807, 2.05) is 59.6 Å². The molecule has 0 saturated heterocycles. The van der Waals surface area contributed by atoms with E-state index in [4.69, 9.17) is 16.3 Å². The Morgan fingerprint density at radius 2 is 1.93 bits per heavy atom. The van der Waals surface area contributed by atoms with Crippen LogP contribution >= 0.6 is 11.6 Å². The number of aromatic nitrogens is 1. The summed E-state index contributed by atoms with van der Waals surface area (Å²) in [7, 11) is 1.61. The summed E-state index contributed by atoms with van der Waals surface area (Å²) < 4.78 is 7.43. The van der Waals surface area contributed by atoms with Crippen molar-refractivity contribution in [3.63, 3.8) is 0 Å². The summed E-state index contributed by atoms with van der Waals surface area (Å²) in [5.41, 5.74) is 2.78. The lowest BCUT2D eigenvalue weighted by atomic mass is 10.1. The summed E-state index contributed by atoms with van der Waals surface area (Å²) in [6.45, 7) is 4.07. The third-order valence-electron chi connectivity index (χ3n) is 4.96. The fourth-order valence-corrected chi connectivity index (χ4v) is 3.49. The highest BCUT2D eigenvalue weighted by molar-refractivity contribution is 6.31. The van der Waals surface area contributed by atoms with Gasteiger partial charge in [0, 0.05) is 35.6 Å². The predicted molar refractivity (Wildman–Crippen MR) is 118 cm³/mol. The quantitative estimate of drug-likeness (QED) is 0.457. The molecule has 0 unspecified atom stereocenters. The maximum absolute atomic E-state index is 13.2. The normalized spacial score (nSPS) is 10.7. The highest BCUT2D eigenvalue weighted by Gasteiger charge is 2.18. The molecule has 0 N–H and O–H groups in total. The molecule has 0 radical (unpaired) electrons. The van der Waals surface area contributed by atoms with Crippen LogP contribution in [0, 0.1) is 0 Å². The zero-order chi connectivity index (χ0) is 20.6. The topological polar surface area (TPSA) is 34.5 Å². The number of unbranched alkanes of at least 4 members (excludes halogenated alkanes) is 1. The van der Waals surface area contributed by atoms with Gasteiger partial charge in [-0.15, -0.1) is 0 Å². The first kappa shape index (κ1) is 21.0. The highest BCUT2D eigenvalue weighted by atomic mass is 35.5. The molecule has 0 bridgehead atoms. The van der Waals surface area contributed by atoms with Gasteiger partial charge in [-0.05, 0) is 48.4 Å². The smallest absolute Gasteiger partial charge is 0.254 e. The van der Waals surface area contributed by atoms with Crippen molar-refractivity contribution in [2.45, 2.75) is 32.9 Å². The van der Waals surface area contributed by atoms with Gasteiger partial charge in [-0.2, -0.15) is 0 Å². The summed E-state index contributed by atoms with van der Waals surface area (Å²) in [4.78, 5) is 15.1. The molecule has 3 rings (SSSR count). The molecule has 29 heavy (non-hydrogen) atoms. The lowest BCUT2D eigenvalue weighted by Crippen LogP contribution is -2.32. The second-order valence-corrected chi connectivity index (χ2v) is 7.44. The molecule has 0 fully saturated rings. The van der Waals surface area contributed by atoms with Gasteiger partial charge < -0.3 is 14.2 Å². The van der Waals surface area contributed by atoms with Crippen molar-refractivity contribution in [1.82, 2.24) is 9.47 Å². The zero-order valence-corrected chi connectivity index (χ0v) is 17.7. The van der Waals surface area contributed by atoms with E-state index in [-0.39, 0.29) is 5.91 Å². The number of hydrogen-bond donors (Lipinski definition) is 0. The number of ether oxygens (including phenoxy) is 1. The Morgan fingerprint density at radius 3 is 2.69 bits per heavy atom. The number of carbonyl (C=O) groups is 1. The van der Waals surface area contributed by atoms with Crippen molar-refractivity contribution in [3.8, 4) is 5.75 Å². The van der Waals surface area contributed by atoms with E-state index < -0.39 is 0 Å². The Balaban J connectivity index is 1.81. The number of amides is 1. The van der Waals surface area contributed by atoms with Crippen molar-refractivity contribution in [1.29, 1.82) is 0 Å². The van der Waals surface area contributed by atoms with E-state index >= 15 is 0 Å². The Labute approximate surface area is 177 Å². The highest BCUT2D eigenvalue weighted by Crippen LogP contribution is 2.20. The molecule has 0 aliphatic heterocycles. The third-order valence-corrected chi connectivity index (χ3v) is 5.33. The predicted octanol–water partition coefficient (Wildman–Crippen LogP) is 5.64. The van der Waals surface area contributed by atoms with Crippen LogP contribution in [0.4, 0.5) is 0 Å². The minimum atomic E-state index is 0.0165. The molecule has 2 aromatic carbocycles. The van der Waals surface area contributed by atoms with Gasteiger partial charge in [-0.25, -0.2) is 0 Å². The molecule has 5 heteroatoms. The number of nitrogens with zero attached hydrogens (tertiary/aromatic N) is 2. The van der Waals surface area contributed by atoms with Crippen molar-refractivity contribution in [3.05, 3.63) is 88.7 Å². The summed E-state index contributed by atoms with van der Waals surface area (Å²) in [6.07, 6.45) is 4.02. The van der Waals surface area contributed by atoms with Gasteiger partial charge in [0.05, 0.1) is 13.7 Å². The van der Waals surface area contributed by atoms with Gasteiger partial charge >= 0.3 is 0 Å². The van der Waals surface area contributed by atoms with Gasteiger partial charge in [0.15, 0.2) is 0 Å². The van der Waals surface area contributed by atoms with Crippen molar-refractivity contribution in [2.24, 2.45) is 0 Å². The number of rotatable bonds is 9. The van der Waals surface area contributed by atoms with Crippen molar-refractivity contribution < 1.29 is 9.53 Å². The molecule has 4 nitrogen and oxygen atoms in total. The summed E-state index contributed by atoms with van der Waals surface area (Å²) in [6, 6.07) is 19.3. The molecule has 1 heterocycles. The minimum Gasteiger partial charge on any atom is -0.497 e. The third kappa shape index (κ3) is 5.42. The number of carbonyl (C=O) groups excluding carboxylic acids is 1. The van der Waals surface area contributed by atoms with Crippen LogP contribution in [-0.4, -0.2) is 29.0 Å². The lowest BCUT2D eigenvalue weighted by molar-refractivity contribution is 0.0737. The van der Waals surface area contributed by atoms with Crippen LogP contribution in [0.25, 0.3) is 0 Å². The maximum Gasteiger partial charge on any atom is 0.254 e. The molecule has 1 amide bonds. The van der Waals surface area contributed by atoms with Crippen LogP contribution in [0.5, 0.6) is 5.75 Å². The van der Waals surface area contributed by atoms with Crippen LogP contribution in [0.15, 0.2) is 66.9 Å². The Hall–Kier alpha value is -2.72. The van der Waals surface area contributed by atoms with Gasteiger partial charge in [0.25, 0.3) is 5.91 Å². The number of benzene rings is 2. The fraction of sp³-hybridized carbons (Fsp3) is 0.292. The number of hydrogen-bond acceptors (Lipinski definition) is 2. The monoisotopic (exact) mass is 410 g/mol. The van der Waals surface area contributed by atoms with Gasteiger partial charge in [0.2, 0.25) is 0 Å². The summed E-state index contributed by atoms with van der Waals surface area (Å²) >= 11 is 6.34. The number of halogens is 1. The minimum absolute atomic E-state index is 0.0165. The molecular weight excluding hydrogens is 384 g/mol. The van der Waals surface area contributed by atoms with Crippen molar-refractivity contribution in [2.75, 3.05) is 13.7 Å². The lowest BCUT2D eigenvalue weighted by Gasteiger charge is -2.24. The van der Waals surface area contributed by atoms with Gasteiger partial charge in [-0.3, -0.25) is 4.79 Å². The van der Waals surface area contributed by atoms with Crippen LogP contribution in [-0.2, 0) is 13.1 Å². The average Bonchev–Trinajstić information content (AvgIpc) is 3.18. The van der Waals surface area contributed by atoms with E-state index in [1.165, 1.54) is 0 Å². The SMILES string of the molecule is CCCCN(Cc1cccn1Cc1ccccc1Cl)C(=O)c1cccc(OC)c1. The van der Waals surface area contributed by atoms with Crippen LogP contribution < -0.4 is 4.74 Å². The van der Waals surface area contributed by atoms with Crippen LogP contribution in [0.3, 0.4) is 0 Å². The number of methoxy groups -OCH3 is 1. The fourth-order valence-electron chi connectivity index (χ4n) is 3.29. The Kier molecular flexibility index (Phi) is 7.36. The molecule has 1 aromatic heterocycles. The van der Waals surface area contributed by atoms with E-state index in [0.29, 0.717) is 30.9 Å². The summed E-state index contributed by atoms with van der Waals surface area (Å²) in [5.74, 6) is 0.705. The first-order valence-corrected chi connectivity index (χ1v) is 10.3. The Morgan fingerprint density at radius 1 is 1.10 bits per heavy atom. The molecule has 0 aliphatic rings. The van der Waals surface area contributed by atoms with E-state index in [2.05, 4.69) is 17.6 Å². The van der Waals surface area contributed by atoms with Gasteiger partial charge in [0.1, 0.15) is 5.75 Å². The first-order valence-electron chi connectivity index (χ1n) is 9.93. The average molecular weight is 411 g/mol. The van der Waals surface area contributed by atoms with Crippen LogP contribution in [0.2, 0.25) is 5.02 Å². The second kappa shape index (κ2) is 10.2. The molecule has 0 saturated carbocycles.